The van der Waals surface area contributed by atoms with Crippen LogP contribution in [0.4, 0.5) is 0 Å². The zero-order chi connectivity index (χ0) is 16.1. The van der Waals surface area contributed by atoms with Gasteiger partial charge in [0.2, 0.25) is 0 Å². The van der Waals surface area contributed by atoms with E-state index in [0.717, 1.165) is 37.9 Å². The summed E-state index contributed by atoms with van der Waals surface area (Å²) in [4.78, 5) is 4.62. The Morgan fingerprint density at radius 3 is 2.33 bits per heavy atom. The van der Waals surface area contributed by atoms with Crippen LogP contribution in [0.15, 0.2) is 85.1 Å². The lowest BCUT2D eigenvalue weighted by molar-refractivity contribution is 0.592. The van der Waals surface area contributed by atoms with Crippen LogP contribution < -0.4 is 15.9 Å². The first-order valence-electron chi connectivity index (χ1n) is 7.94. The summed E-state index contributed by atoms with van der Waals surface area (Å²) in [7, 11) is -2.90. The molecule has 2 heterocycles. The molecule has 1 aliphatic rings. The molecule has 114 valence electrons. The first-order chi connectivity index (χ1) is 11.8. The minimum Gasteiger partial charge on any atom is -0.309 e. The van der Waals surface area contributed by atoms with Gasteiger partial charge in [0, 0.05) is 33.1 Å². The Balaban J connectivity index is 2.03. The molecule has 2 nitrogen and oxygen atoms in total. The van der Waals surface area contributed by atoms with E-state index in [2.05, 4.69) is 11.1 Å². The van der Waals surface area contributed by atoms with Crippen LogP contribution in [0.2, 0.25) is 0 Å². The second-order valence-electron chi connectivity index (χ2n) is 6.00. The van der Waals surface area contributed by atoms with Gasteiger partial charge in [-0.25, -0.2) is 0 Å². The van der Waals surface area contributed by atoms with Gasteiger partial charge < -0.3 is 4.57 Å². The van der Waals surface area contributed by atoms with E-state index < -0.39 is 7.14 Å². The fourth-order valence-electron chi connectivity index (χ4n) is 3.67. The third-order valence-electron chi connectivity index (χ3n) is 4.73. The van der Waals surface area contributed by atoms with Crippen molar-refractivity contribution in [3.63, 3.8) is 0 Å². The number of nitrogens with zero attached hydrogens (tertiary/aromatic N) is 1. The summed E-state index contributed by atoms with van der Waals surface area (Å²) >= 11 is 0. The Morgan fingerprint density at radius 1 is 0.708 bits per heavy atom. The van der Waals surface area contributed by atoms with Gasteiger partial charge in [-0.2, -0.15) is 0 Å². The van der Waals surface area contributed by atoms with Gasteiger partial charge in [0.15, 0.2) is 7.14 Å². The van der Waals surface area contributed by atoms with Crippen LogP contribution in [0.3, 0.4) is 0 Å². The number of benzene rings is 3. The Morgan fingerprint density at radius 2 is 1.46 bits per heavy atom. The highest BCUT2D eigenvalue weighted by atomic mass is 31.2. The SMILES string of the molecule is O=P1(c2ccccc2)c2ccccc2-c2nccc3cccc1c23. The van der Waals surface area contributed by atoms with Crippen molar-refractivity contribution in [1.29, 1.82) is 0 Å². The fraction of sp³-hybridized carbons (Fsp3) is 0. The molecule has 3 aromatic carbocycles. The number of hydrogen-bond donors (Lipinski definition) is 0. The molecule has 0 fully saturated rings. The summed E-state index contributed by atoms with van der Waals surface area (Å²) in [6.07, 6.45) is 1.83. The van der Waals surface area contributed by atoms with Gasteiger partial charge in [0.05, 0.1) is 5.69 Å². The van der Waals surface area contributed by atoms with Crippen LogP contribution in [0, 0.1) is 0 Å². The van der Waals surface area contributed by atoms with Gasteiger partial charge >= 0.3 is 0 Å². The topological polar surface area (TPSA) is 30.0 Å². The molecule has 0 bridgehead atoms. The molecule has 0 amide bonds. The van der Waals surface area contributed by atoms with E-state index in [9.17, 15) is 4.57 Å². The van der Waals surface area contributed by atoms with E-state index in [1.165, 1.54) is 0 Å². The molecular formula is C21H14NOP. The molecule has 5 rings (SSSR count). The smallest absolute Gasteiger partial charge is 0.172 e. The zero-order valence-corrected chi connectivity index (χ0v) is 13.8. The Bertz CT molecular complexity index is 1130. The van der Waals surface area contributed by atoms with Gasteiger partial charge in [-0.05, 0) is 11.5 Å². The number of pyridine rings is 1. The van der Waals surface area contributed by atoms with Crippen molar-refractivity contribution in [2.24, 2.45) is 0 Å². The third kappa shape index (κ3) is 1.67. The summed E-state index contributed by atoms with van der Waals surface area (Å²) in [5.74, 6) is 0. The molecule has 1 aromatic heterocycles. The van der Waals surface area contributed by atoms with Crippen molar-refractivity contribution in [2.75, 3.05) is 0 Å². The van der Waals surface area contributed by atoms with Gasteiger partial charge in [-0.15, -0.1) is 0 Å². The van der Waals surface area contributed by atoms with Crippen LogP contribution in [0.25, 0.3) is 22.0 Å². The molecule has 0 aliphatic carbocycles. The van der Waals surface area contributed by atoms with E-state index in [1.807, 2.05) is 79.0 Å². The normalized spacial score (nSPS) is 18.3. The highest BCUT2D eigenvalue weighted by Crippen LogP contribution is 2.50. The molecule has 0 N–H and O–H groups in total. The van der Waals surface area contributed by atoms with Crippen molar-refractivity contribution < 1.29 is 4.57 Å². The van der Waals surface area contributed by atoms with Gasteiger partial charge in [-0.3, -0.25) is 4.98 Å². The van der Waals surface area contributed by atoms with Crippen molar-refractivity contribution in [1.82, 2.24) is 4.98 Å². The number of fused-ring (bicyclic) bond motifs is 2. The predicted molar refractivity (Wildman–Crippen MR) is 100 cm³/mol. The summed E-state index contributed by atoms with van der Waals surface area (Å²) in [5.41, 5.74) is 1.91. The van der Waals surface area contributed by atoms with Crippen molar-refractivity contribution in [2.45, 2.75) is 0 Å². The maximum Gasteiger partial charge on any atom is 0.172 e. The molecule has 0 spiro atoms. The maximum absolute atomic E-state index is 14.4. The Hall–Kier alpha value is -2.70. The average Bonchev–Trinajstić information content (AvgIpc) is 2.66. The Kier molecular flexibility index (Phi) is 2.80. The van der Waals surface area contributed by atoms with Crippen LogP contribution >= 0.6 is 7.14 Å². The van der Waals surface area contributed by atoms with Crippen molar-refractivity contribution in [3.05, 3.63) is 85.1 Å². The van der Waals surface area contributed by atoms with E-state index in [0.29, 0.717) is 0 Å². The lowest BCUT2D eigenvalue weighted by Gasteiger charge is -2.28. The summed E-state index contributed by atoms with van der Waals surface area (Å²) in [6.45, 7) is 0. The molecule has 3 heteroatoms. The van der Waals surface area contributed by atoms with E-state index in [-0.39, 0.29) is 0 Å². The predicted octanol–water partition coefficient (Wildman–Crippen LogP) is 3.85. The van der Waals surface area contributed by atoms with E-state index in [1.54, 1.807) is 0 Å². The highest BCUT2D eigenvalue weighted by molar-refractivity contribution is 7.86. The van der Waals surface area contributed by atoms with Gasteiger partial charge in [-0.1, -0.05) is 72.8 Å². The van der Waals surface area contributed by atoms with Crippen LogP contribution in [-0.4, -0.2) is 4.98 Å². The van der Waals surface area contributed by atoms with Crippen molar-refractivity contribution >= 4 is 33.8 Å². The molecular weight excluding hydrogens is 313 g/mol. The largest absolute Gasteiger partial charge is 0.309 e. The molecule has 0 saturated heterocycles. The first kappa shape index (κ1) is 13.7. The van der Waals surface area contributed by atoms with Crippen LogP contribution in [0.5, 0.6) is 0 Å². The lowest BCUT2D eigenvalue weighted by atomic mass is 10.0. The molecule has 4 aromatic rings. The molecule has 0 saturated carbocycles. The maximum atomic E-state index is 14.4. The molecule has 1 atom stereocenters. The minimum atomic E-state index is -2.90. The second kappa shape index (κ2) is 4.90. The number of rotatable bonds is 1. The molecule has 24 heavy (non-hydrogen) atoms. The zero-order valence-electron chi connectivity index (χ0n) is 12.9. The molecule has 0 radical (unpaired) electrons. The quantitative estimate of drug-likeness (QED) is 0.438. The summed E-state index contributed by atoms with van der Waals surface area (Å²) in [5, 5.41) is 4.76. The summed E-state index contributed by atoms with van der Waals surface area (Å²) in [6, 6.07) is 25.8. The second-order valence-corrected chi connectivity index (χ2v) is 8.70. The number of hydrogen-bond acceptors (Lipinski definition) is 2. The third-order valence-corrected chi connectivity index (χ3v) is 7.87. The van der Waals surface area contributed by atoms with Gasteiger partial charge in [0.1, 0.15) is 0 Å². The minimum absolute atomic E-state index is 0.874. The van der Waals surface area contributed by atoms with Gasteiger partial charge in [0.25, 0.3) is 0 Å². The monoisotopic (exact) mass is 327 g/mol. The van der Waals surface area contributed by atoms with E-state index in [4.69, 9.17) is 0 Å². The number of aromatic nitrogens is 1. The first-order valence-corrected chi connectivity index (χ1v) is 9.65. The summed E-state index contributed by atoms with van der Waals surface area (Å²) < 4.78 is 14.4. The molecule has 1 aliphatic heterocycles. The van der Waals surface area contributed by atoms with Crippen molar-refractivity contribution in [3.8, 4) is 11.3 Å². The molecule has 1 unspecified atom stereocenters. The van der Waals surface area contributed by atoms with Crippen LogP contribution in [-0.2, 0) is 4.57 Å². The Labute approximate surface area is 140 Å². The highest BCUT2D eigenvalue weighted by Gasteiger charge is 2.38. The van der Waals surface area contributed by atoms with Crippen LogP contribution in [0.1, 0.15) is 0 Å². The van der Waals surface area contributed by atoms with E-state index >= 15 is 0 Å². The fourth-order valence-corrected chi connectivity index (χ4v) is 6.74. The lowest BCUT2D eigenvalue weighted by Crippen LogP contribution is -2.30. The average molecular weight is 327 g/mol. The standard InChI is InChI=1S/C21H14NOP/c23-24(16-8-2-1-3-9-16)18-11-5-4-10-17(18)21-20-15(13-14-22-21)7-6-12-19(20)24/h1-14H.